The minimum absolute atomic E-state index is 0.276. The fourth-order valence-electron chi connectivity index (χ4n) is 2.94. The van der Waals surface area contributed by atoms with Gasteiger partial charge < -0.3 is 16.0 Å². The van der Waals surface area contributed by atoms with E-state index in [2.05, 4.69) is 31.1 Å². The summed E-state index contributed by atoms with van der Waals surface area (Å²) in [5.41, 5.74) is 2.48. The predicted octanol–water partition coefficient (Wildman–Crippen LogP) is 2.66. The van der Waals surface area contributed by atoms with Crippen LogP contribution in [0.2, 0.25) is 0 Å². The second-order valence-corrected chi connectivity index (χ2v) is 6.14. The monoisotopic (exact) mass is 374 g/mol. The molecule has 3 amide bonds. The number of nitrogens with zero attached hydrogens (tertiary/aromatic N) is 2. The quantitative estimate of drug-likeness (QED) is 0.402. The van der Waals surface area contributed by atoms with E-state index in [0.29, 0.717) is 11.4 Å². The molecule has 0 spiro atoms. The predicted molar refractivity (Wildman–Crippen MR) is 107 cm³/mol. The van der Waals surface area contributed by atoms with E-state index in [1.807, 2.05) is 48.5 Å². The number of carbonyl (C=O) groups excluding carboxylic acids is 2. The van der Waals surface area contributed by atoms with E-state index in [1.165, 1.54) is 0 Å². The zero-order valence-corrected chi connectivity index (χ0v) is 14.9. The van der Waals surface area contributed by atoms with Gasteiger partial charge in [-0.25, -0.2) is 4.79 Å². The lowest BCUT2D eigenvalue weighted by atomic mass is 10.2. The Hall–Kier alpha value is -3.94. The molecule has 0 saturated carbocycles. The van der Waals surface area contributed by atoms with E-state index in [4.69, 9.17) is 0 Å². The molecule has 0 bridgehead atoms. The summed E-state index contributed by atoms with van der Waals surface area (Å²) in [5, 5.41) is 16.8. The van der Waals surface area contributed by atoms with E-state index in [1.54, 1.807) is 12.3 Å². The number of aromatic amines is 1. The van der Waals surface area contributed by atoms with E-state index in [-0.39, 0.29) is 25.0 Å². The third-order valence-corrected chi connectivity index (χ3v) is 4.26. The van der Waals surface area contributed by atoms with Gasteiger partial charge in [-0.2, -0.15) is 5.10 Å². The summed E-state index contributed by atoms with van der Waals surface area (Å²) < 4.78 is 0. The molecule has 0 aliphatic heterocycles. The van der Waals surface area contributed by atoms with E-state index in [9.17, 15) is 9.59 Å². The number of amides is 3. The van der Waals surface area contributed by atoms with Gasteiger partial charge in [0.25, 0.3) is 5.91 Å². The van der Waals surface area contributed by atoms with Crippen LogP contribution in [-0.2, 0) is 0 Å². The molecular weight excluding hydrogens is 356 g/mol. The minimum Gasteiger partial charge on any atom is -0.349 e. The molecule has 4 rings (SSSR count). The smallest absolute Gasteiger partial charge is 0.319 e. The first-order chi connectivity index (χ1) is 13.7. The normalized spacial score (nSPS) is 10.7. The zero-order valence-electron chi connectivity index (χ0n) is 14.9. The summed E-state index contributed by atoms with van der Waals surface area (Å²) >= 11 is 0. The number of hydrogen-bond acceptors (Lipinski definition) is 4. The molecule has 0 aliphatic rings. The number of aromatic nitrogens is 3. The van der Waals surface area contributed by atoms with Crippen molar-refractivity contribution in [2.75, 3.05) is 18.4 Å². The highest BCUT2D eigenvalue weighted by atomic mass is 16.2. The third kappa shape index (κ3) is 3.61. The number of carbonyl (C=O) groups is 2. The Labute approximate surface area is 160 Å². The van der Waals surface area contributed by atoms with Crippen molar-refractivity contribution in [1.29, 1.82) is 0 Å². The lowest BCUT2D eigenvalue weighted by molar-refractivity contribution is 0.0950. The van der Waals surface area contributed by atoms with Crippen LogP contribution in [0.15, 0.2) is 60.8 Å². The first-order valence-corrected chi connectivity index (χ1v) is 8.82. The summed E-state index contributed by atoms with van der Waals surface area (Å²) in [7, 11) is 0. The van der Waals surface area contributed by atoms with Gasteiger partial charge in [-0.1, -0.05) is 36.4 Å². The van der Waals surface area contributed by atoms with E-state index < -0.39 is 0 Å². The fraction of sp³-hybridized carbons (Fsp3) is 0.100. The molecule has 28 heavy (non-hydrogen) atoms. The molecule has 2 aromatic carbocycles. The second-order valence-electron chi connectivity index (χ2n) is 6.14. The number of hydrogen-bond donors (Lipinski definition) is 4. The SMILES string of the molecule is O=C(NCCNC(=O)c1n[nH]c2ccccc12)Nc1cccc2cccnc12. The lowest BCUT2D eigenvalue weighted by Crippen LogP contribution is -2.37. The number of urea groups is 1. The average Bonchev–Trinajstić information content (AvgIpc) is 3.16. The van der Waals surface area contributed by atoms with Gasteiger partial charge in [0.15, 0.2) is 5.69 Å². The highest BCUT2D eigenvalue weighted by molar-refractivity contribution is 6.04. The van der Waals surface area contributed by atoms with E-state index in [0.717, 1.165) is 21.8 Å². The van der Waals surface area contributed by atoms with Gasteiger partial charge in [0, 0.05) is 30.1 Å². The molecule has 4 aromatic rings. The number of para-hydroxylation sites is 2. The fourth-order valence-corrected chi connectivity index (χ4v) is 2.94. The summed E-state index contributed by atoms with van der Waals surface area (Å²) in [5.74, 6) is -0.294. The van der Waals surface area contributed by atoms with Crippen LogP contribution in [-0.4, -0.2) is 40.2 Å². The molecule has 4 N–H and O–H groups in total. The van der Waals surface area contributed by atoms with Crippen LogP contribution < -0.4 is 16.0 Å². The van der Waals surface area contributed by atoms with Crippen molar-refractivity contribution < 1.29 is 9.59 Å². The summed E-state index contributed by atoms with van der Waals surface area (Å²) in [4.78, 5) is 28.7. The Morgan fingerprint density at radius 3 is 2.68 bits per heavy atom. The van der Waals surface area contributed by atoms with Gasteiger partial charge in [0.1, 0.15) is 0 Å². The summed E-state index contributed by atoms with van der Waals surface area (Å²) in [6.45, 7) is 0.555. The Bertz CT molecular complexity index is 1150. The zero-order chi connectivity index (χ0) is 19.3. The standard InChI is InChI=1S/C20H18N6O2/c27-19(18-14-7-1-2-8-15(14)25-26-18)22-11-12-23-20(28)24-16-9-3-5-13-6-4-10-21-17(13)16/h1-10H,11-12H2,(H,22,27)(H,25,26)(H2,23,24,28). The largest absolute Gasteiger partial charge is 0.349 e. The molecule has 0 saturated heterocycles. The Balaban J connectivity index is 1.29. The molecule has 140 valence electrons. The Morgan fingerprint density at radius 2 is 1.75 bits per heavy atom. The minimum atomic E-state index is -0.363. The molecule has 8 nitrogen and oxygen atoms in total. The van der Waals surface area contributed by atoms with E-state index >= 15 is 0 Å². The molecule has 2 heterocycles. The van der Waals surface area contributed by atoms with Crippen molar-refractivity contribution >= 4 is 39.4 Å². The highest BCUT2D eigenvalue weighted by Gasteiger charge is 2.13. The number of fused-ring (bicyclic) bond motifs is 2. The maximum Gasteiger partial charge on any atom is 0.319 e. The van der Waals surface area contributed by atoms with Crippen LogP contribution >= 0.6 is 0 Å². The van der Waals surface area contributed by atoms with Crippen molar-refractivity contribution in [2.45, 2.75) is 0 Å². The number of anilines is 1. The second kappa shape index (κ2) is 7.75. The van der Waals surface area contributed by atoms with Crippen molar-refractivity contribution in [3.05, 3.63) is 66.5 Å². The maximum absolute atomic E-state index is 12.3. The molecule has 0 atom stereocenters. The number of H-pyrrole nitrogens is 1. The molecular formula is C20H18N6O2. The van der Waals surface area contributed by atoms with Crippen molar-refractivity contribution in [3.8, 4) is 0 Å². The first-order valence-electron chi connectivity index (χ1n) is 8.82. The van der Waals surface area contributed by atoms with Crippen LogP contribution in [0.1, 0.15) is 10.5 Å². The molecule has 0 radical (unpaired) electrons. The van der Waals surface area contributed by atoms with Gasteiger partial charge in [-0.15, -0.1) is 0 Å². The number of pyridine rings is 1. The first kappa shape index (κ1) is 17.5. The Morgan fingerprint density at radius 1 is 0.929 bits per heavy atom. The molecule has 0 fully saturated rings. The molecule has 0 aliphatic carbocycles. The van der Waals surface area contributed by atoms with Crippen molar-refractivity contribution in [3.63, 3.8) is 0 Å². The molecule has 2 aromatic heterocycles. The van der Waals surface area contributed by atoms with Gasteiger partial charge in [0.2, 0.25) is 0 Å². The van der Waals surface area contributed by atoms with Crippen molar-refractivity contribution in [1.82, 2.24) is 25.8 Å². The van der Waals surface area contributed by atoms with Gasteiger partial charge in [0.05, 0.1) is 16.7 Å². The Kier molecular flexibility index (Phi) is 4.83. The number of benzene rings is 2. The van der Waals surface area contributed by atoms with Crippen LogP contribution in [0.25, 0.3) is 21.8 Å². The van der Waals surface area contributed by atoms with Crippen LogP contribution in [0.4, 0.5) is 10.5 Å². The number of rotatable bonds is 5. The van der Waals surface area contributed by atoms with Crippen LogP contribution in [0.5, 0.6) is 0 Å². The maximum atomic E-state index is 12.3. The summed E-state index contributed by atoms with van der Waals surface area (Å²) in [6.07, 6.45) is 1.68. The van der Waals surface area contributed by atoms with Gasteiger partial charge in [-0.05, 0) is 18.2 Å². The van der Waals surface area contributed by atoms with Gasteiger partial charge >= 0.3 is 6.03 Å². The van der Waals surface area contributed by atoms with Crippen LogP contribution in [0, 0.1) is 0 Å². The average molecular weight is 374 g/mol. The topological polar surface area (TPSA) is 112 Å². The molecule has 8 heteroatoms. The summed E-state index contributed by atoms with van der Waals surface area (Å²) in [6, 6.07) is 16.4. The highest BCUT2D eigenvalue weighted by Crippen LogP contribution is 2.20. The molecule has 0 unspecified atom stereocenters. The van der Waals surface area contributed by atoms with Crippen LogP contribution in [0.3, 0.4) is 0 Å². The third-order valence-electron chi connectivity index (χ3n) is 4.26. The lowest BCUT2D eigenvalue weighted by Gasteiger charge is -2.10. The van der Waals surface area contributed by atoms with Crippen molar-refractivity contribution in [2.24, 2.45) is 0 Å². The van der Waals surface area contributed by atoms with Gasteiger partial charge in [-0.3, -0.25) is 14.9 Å². The number of nitrogens with one attached hydrogen (secondary N) is 4.